The molecule has 4 nitrogen and oxygen atoms in total. The molecule has 5 heteroatoms. The molecule has 0 fully saturated rings. The molecule has 0 aliphatic carbocycles. The van der Waals surface area contributed by atoms with Gasteiger partial charge in [0.05, 0.1) is 5.69 Å². The molecule has 0 radical (unpaired) electrons. The summed E-state index contributed by atoms with van der Waals surface area (Å²) >= 11 is 4.92. The Morgan fingerprint density at radius 2 is 2.06 bits per heavy atom. The van der Waals surface area contributed by atoms with Gasteiger partial charge in [-0.15, -0.1) is 0 Å². The van der Waals surface area contributed by atoms with Crippen LogP contribution in [0, 0.1) is 0 Å². The second kappa shape index (κ2) is 6.64. The third kappa shape index (κ3) is 5.21. The Bertz CT molecular complexity index is 379. The summed E-state index contributed by atoms with van der Waals surface area (Å²) in [5.41, 5.74) is 7.44. The molecule has 0 aliphatic heterocycles. The molecule has 0 amide bonds. The van der Waals surface area contributed by atoms with Crippen molar-refractivity contribution in [1.29, 1.82) is 0 Å². The lowest BCUT2D eigenvalue weighted by Crippen LogP contribution is -2.28. The Balaban J connectivity index is 2.56. The molecule has 0 spiro atoms. The first kappa shape index (κ1) is 14.0. The number of nitrogens with zero attached hydrogens (tertiary/aromatic N) is 3. The van der Waals surface area contributed by atoms with Crippen LogP contribution in [0.2, 0.25) is 0 Å². The Morgan fingerprint density at radius 3 is 2.65 bits per heavy atom. The molecule has 94 valence electrons. The van der Waals surface area contributed by atoms with E-state index in [1.54, 1.807) is 6.20 Å². The average Bonchev–Trinajstić information content (AvgIpc) is 2.26. The lowest BCUT2D eigenvalue weighted by atomic mass is 10.2. The van der Waals surface area contributed by atoms with E-state index < -0.39 is 0 Å². The molecule has 0 bridgehead atoms. The lowest BCUT2D eigenvalue weighted by molar-refractivity contribution is 0.276. The zero-order valence-electron chi connectivity index (χ0n) is 10.7. The van der Waals surface area contributed by atoms with Crippen LogP contribution in [-0.2, 0) is 6.54 Å². The lowest BCUT2D eigenvalue weighted by Gasteiger charge is -2.19. The fraction of sp³-hybridized carbons (Fsp3) is 0.500. The van der Waals surface area contributed by atoms with Gasteiger partial charge in [0.15, 0.2) is 0 Å². The molecular formula is C12H20N4S. The van der Waals surface area contributed by atoms with Gasteiger partial charge in [-0.1, -0.05) is 12.2 Å². The van der Waals surface area contributed by atoms with E-state index in [2.05, 4.69) is 35.9 Å². The third-order valence-corrected chi connectivity index (χ3v) is 2.67. The third-order valence-electron chi connectivity index (χ3n) is 2.46. The van der Waals surface area contributed by atoms with E-state index in [0.717, 1.165) is 19.6 Å². The fourth-order valence-electron chi connectivity index (χ4n) is 1.47. The van der Waals surface area contributed by atoms with Crippen molar-refractivity contribution in [1.82, 2.24) is 14.8 Å². The van der Waals surface area contributed by atoms with Crippen molar-refractivity contribution in [2.75, 3.05) is 34.2 Å². The maximum absolute atomic E-state index is 5.56. The predicted molar refractivity (Wildman–Crippen MR) is 75.0 cm³/mol. The molecule has 1 aromatic rings. The number of aromatic nitrogens is 1. The van der Waals surface area contributed by atoms with E-state index in [9.17, 15) is 0 Å². The van der Waals surface area contributed by atoms with Crippen LogP contribution in [0.25, 0.3) is 0 Å². The average molecular weight is 252 g/mol. The molecule has 0 aromatic carbocycles. The van der Waals surface area contributed by atoms with E-state index in [-0.39, 0.29) is 0 Å². The van der Waals surface area contributed by atoms with Crippen molar-refractivity contribution in [3.05, 3.63) is 29.6 Å². The van der Waals surface area contributed by atoms with Gasteiger partial charge in [-0.3, -0.25) is 4.98 Å². The molecule has 0 saturated carbocycles. The Kier molecular flexibility index (Phi) is 5.47. The maximum Gasteiger partial charge on any atom is 0.122 e. The summed E-state index contributed by atoms with van der Waals surface area (Å²) in [6.07, 6.45) is 1.75. The van der Waals surface area contributed by atoms with Crippen molar-refractivity contribution in [2.24, 2.45) is 5.73 Å². The van der Waals surface area contributed by atoms with Gasteiger partial charge in [0.25, 0.3) is 0 Å². The van der Waals surface area contributed by atoms with E-state index >= 15 is 0 Å². The van der Waals surface area contributed by atoms with E-state index in [1.807, 2.05) is 12.1 Å². The quantitative estimate of drug-likeness (QED) is 0.756. The van der Waals surface area contributed by atoms with Gasteiger partial charge in [-0.05, 0) is 38.8 Å². The largest absolute Gasteiger partial charge is 0.388 e. The smallest absolute Gasteiger partial charge is 0.122 e. The summed E-state index contributed by atoms with van der Waals surface area (Å²) in [6.45, 7) is 2.95. The molecule has 1 rings (SSSR count). The van der Waals surface area contributed by atoms with Crippen molar-refractivity contribution >= 4 is 17.2 Å². The van der Waals surface area contributed by atoms with Crippen LogP contribution < -0.4 is 5.73 Å². The number of likely N-dealkylation sites (N-methyl/N-ethyl adjacent to an activating group) is 2. The standard InChI is InChI=1S/C12H20N4S/c1-15(2)6-7-16(3)9-10-4-5-14-11(8-10)12(13)17/h4-5,8H,6-7,9H2,1-3H3,(H2,13,17). The number of hydrogen-bond acceptors (Lipinski definition) is 4. The second-order valence-electron chi connectivity index (χ2n) is 4.45. The minimum Gasteiger partial charge on any atom is -0.388 e. The zero-order valence-corrected chi connectivity index (χ0v) is 11.5. The molecule has 0 unspecified atom stereocenters. The normalized spacial score (nSPS) is 11.1. The monoisotopic (exact) mass is 252 g/mol. The maximum atomic E-state index is 5.56. The first-order chi connectivity index (χ1) is 7.99. The van der Waals surface area contributed by atoms with Crippen molar-refractivity contribution in [2.45, 2.75) is 6.54 Å². The van der Waals surface area contributed by atoms with Gasteiger partial charge in [-0.2, -0.15) is 0 Å². The van der Waals surface area contributed by atoms with Gasteiger partial charge in [0, 0.05) is 25.8 Å². The summed E-state index contributed by atoms with van der Waals surface area (Å²) in [5, 5.41) is 0. The number of nitrogens with two attached hydrogens (primary N) is 1. The molecule has 0 saturated heterocycles. The first-order valence-electron chi connectivity index (χ1n) is 5.57. The Hall–Kier alpha value is -1.04. The number of pyridine rings is 1. The van der Waals surface area contributed by atoms with E-state index in [1.165, 1.54) is 5.56 Å². The minimum absolute atomic E-state index is 0.350. The van der Waals surface area contributed by atoms with Crippen LogP contribution >= 0.6 is 12.2 Å². The molecule has 17 heavy (non-hydrogen) atoms. The van der Waals surface area contributed by atoms with Crippen LogP contribution in [0.4, 0.5) is 0 Å². The summed E-state index contributed by atoms with van der Waals surface area (Å²) in [6, 6.07) is 3.95. The van der Waals surface area contributed by atoms with E-state index in [4.69, 9.17) is 18.0 Å². The minimum atomic E-state index is 0.350. The number of hydrogen-bond donors (Lipinski definition) is 1. The van der Waals surface area contributed by atoms with Crippen molar-refractivity contribution in [3.8, 4) is 0 Å². The summed E-state index contributed by atoms with van der Waals surface area (Å²) in [4.78, 5) is 8.91. The summed E-state index contributed by atoms with van der Waals surface area (Å²) in [7, 11) is 6.25. The number of rotatable bonds is 6. The zero-order chi connectivity index (χ0) is 12.8. The molecular weight excluding hydrogens is 232 g/mol. The van der Waals surface area contributed by atoms with Gasteiger partial charge >= 0.3 is 0 Å². The van der Waals surface area contributed by atoms with Gasteiger partial charge in [-0.25, -0.2) is 0 Å². The van der Waals surface area contributed by atoms with Crippen LogP contribution in [0.1, 0.15) is 11.3 Å². The SMILES string of the molecule is CN(C)CCN(C)Cc1ccnc(C(N)=S)c1. The van der Waals surface area contributed by atoms with Crippen molar-refractivity contribution < 1.29 is 0 Å². The van der Waals surface area contributed by atoms with Crippen molar-refractivity contribution in [3.63, 3.8) is 0 Å². The highest BCUT2D eigenvalue weighted by atomic mass is 32.1. The highest BCUT2D eigenvalue weighted by Gasteiger charge is 2.03. The summed E-state index contributed by atoms with van der Waals surface area (Å²) in [5.74, 6) is 0. The van der Waals surface area contributed by atoms with Crippen LogP contribution in [-0.4, -0.2) is 54.0 Å². The molecule has 0 aliphatic rings. The number of thiocarbonyl (C=S) groups is 1. The summed E-state index contributed by atoms with van der Waals surface area (Å²) < 4.78 is 0. The Morgan fingerprint density at radius 1 is 1.35 bits per heavy atom. The van der Waals surface area contributed by atoms with Crippen LogP contribution in [0.3, 0.4) is 0 Å². The molecule has 1 heterocycles. The van der Waals surface area contributed by atoms with Gasteiger partial charge in [0.2, 0.25) is 0 Å². The first-order valence-corrected chi connectivity index (χ1v) is 5.98. The second-order valence-corrected chi connectivity index (χ2v) is 4.89. The molecule has 1 aromatic heterocycles. The van der Waals surface area contributed by atoms with E-state index in [0.29, 0.717) is 10.7 Å². The fourth-order valence-corrected chi connectivity index (χ4v) is 1.58. The van der Waals surface area contributed by atoms with Crippen LogP contribution in [0.5, 0.6) is 0 Å². The highest BCUT2D eigenvalue weighted by Crippen LogP contribution is 2.05. The predicted octanol–water partition coefficient (Wildman–Crippen LogP) is 0.709. The highest BCUT2D eigenvalue weighted by molar-refractivity contribution is 7.80. The van der Waals surface area contributed by atoms with Gasteiger partial charge in [0.1, 0.15) is 4.99 Å². The van der Waals surface area contributed by atoms with Gasteiger partial charge < -0.3 is 15.5 Å². The molecule has 0 atom stereocenters. The van der Waals surface area contributed by atoms with Crippen LogP contribution in [0.15, 0.2) is 18.3 Å². The Labute approximate surface area is 108 Å². The molecule has 2 N–H and O–H groups in total. The topological polar surface area (TPSA) is 45.4 Å².